The fraction of sp³-hybridized carbons (Fsp3) is 0.750. The molecule has 0 saturated heterocycles. The Kier molecular flexibility index (Phi) is 6.66. The fourth-order valence-electron chi connectivity index (χ4n) is 10.2. The molecule has 0 aliphatic heterocycles. The second-order valence-corrected chi connectivity index (χ2v) is 13.8. The first kappa shape index (κ1) is 26.3. The van der Waals surface area contributed by atoms with E-state index in [0.29, 0.717) is 52.2 Å². The van der Waals surface area contributed by atoms with Gasteiger partial charge in [0.1, 0.15) is 17.0 Å². The van der Waals surface area contributed by atoms with Crippen LogP contribution in [0.1, 0.15) is 84.4 Å². The van der Waals surface area contributed by atoms with Gasteiger partial charge in [-0.15, -0.1) is 0 Å². The van der Waals surface area contributed by atoms with Gasteiger partial charge in [-0.3, -0.25) is 4.79 Å². The maximum Gasteiger partial charge on any atom is 0.262 e. The highest BCUT2D eigenvalue weighted by atomic mass is 16.5. The standard InChI is InChI=1S/C32H46N2O4/c1-18(8-11-27-33-24-6-5-7-26(38-4)29(24)30(37)34-27)21-9-10-22-28-23(13-15-32(21,22)3)31(2)14-12-20(35)16-19(31)17-25(28)36/h5-7,18-23,25,28,35-36H,8-17H2,1-4H3,(H,33,34,37)/t18-,19+,20-,21-,22+,23?,25-,28+,31+,32-/m1/s1. The zero-order chi connectivity index (χ0) is 26.8. The monoisotopic (exact) mass is 522 g/mol. The van der Waals surface area contributed by atoms with Crippen LogP contribution in [-0.4, -0.2) is 39.5 Å². The molecule has 6 nitrogen and oxygen atoms in total. The molecule has 0 bridgehead atoms. The van der Waals surface area contributed by atoms with Crippen LogP contribution in [0.4, 0.5) is 0 Å². The zero-order valence-electron chi connectivity index (χ0n) is 23.6. The Morgan fingerprint density at radius 2 is 1.84 bits per heavy atom. The van der Waals surface area contributed by atoms with Gasteiger partial charge in [-0.25, -0.2) is 4.98 Å². The molecule has 10 atom stereocenters. The van der Waals surface area contributed by atoms with Crippen LogP contribution in [0.3, 0.4) is 0 Å². The lowest BCUT2D eigenvalue weighted by Gasteiger charge is -2.62. The Bertz CT molecular complexity index is 1240. The highest BCUT2D eigenvalue weighted by Crippen LogP contribution is 2.68. The second-order valence-electron chi connectivity index (χ2n) is 13.8. The molecule has 38 heavy (non-hydrogen) atoms. The predicted octanol–water partition coefficient (Wildman–Crippen LogP) is 5.49. The highest BCUT2D eigenvalue weighted by molar-refractivity contribution is 5.84. The topological polar surface area (TPSA) is 95.4 Å². The number of nitrogens with one attached hydrogen (secondary N) is 1. The van der Waals surface area contributed by atoms with Gasteiger partial charge in [0.2, 0.25) is 0 Å². The molecule has 1 heterocycles. The van der Waals surface area contributed by atoms with Crippen LogP contribution in [0.25, 0.3) is 10.9 Å². The minimum Gasteiger partial charge on any atom is -0.496 e. The number of aliphatic hydroxyl groups is 2. The van der Waals surface area contributed by atoms with Crippen molar-refractivity contribution in [1.82, 2.24) is 9.97 Å². The van der Waals surface area contributed by atoms with Gasteiger partial charge in [0.15, 0.2) is 0 Å². The van der Waals surface area contributed by atoms with Crippen LogP contribution < -0.4 is 10.3 Å². The number of hydrogen-bond donors (Lipinski definition) is 3. The molecule has 4 fully saturated rings. The van der Waals surface area contributed by atoms with E-state index >= 15 is 0 Å². The minimum absolute atomic E-state index is 0.130. The Morgan fingerprint density at radius 3 is 2.63 bits per heavy atom. The summed E-state index contributed by atoms with van der Waals surface area (Å²) in [6.07, 6.45) is 10.0. The van der Waals surface area contributed by atoms with E-state index in [4.69, 9.17) is 9.72 Å². The molecule has 0 radical (unpaired) electrons. The molecule has 6 heteroatoms. The number of hydrogen-bond acceptors (Lipinski definition) is 5. The number of aliphatic hydroxyl groups excluding tert-OH is 2. The minimum atomic E-state index is -0.231. The molecule has 1 unspecified atom stereocenters. The van der Waals surface area contributed by atoms with E-state index in [1.165, 1.54) is 25.7 Å². The van der Waals surface area contributed by atoms with Crippen molar-refractivity contribution in [1.29, 1.82) is 0 Å². The summed E-state index contributed by atoms with van der Waals surface area (Å²) >= 11 is 0. The molecule has 4 aliphatic carbocycles. The van der Waals surface area contributed by atoms with Gasteiger partial charge < -0.3 is 19.9 Å². The van der Waals surface area contributed by atoms with Gasteiger partial charge in [0, 0.05) is 6.42 Å². The molecule has 3 N–H and O–H groups in total. The fourth-order valence-corrected chi connectivity index (χ4v) is 10.2. The summed E-state index contributed by atoms with van der Waals surface area (Å²) in [5, 5.41) is 22.4. The predicted molar refractivity (Wildman–Crippen MR) is 149 cm³/mol. The Labute approximate surface area is 226 Å². The summed E-state index contributed by atoms with van der Waals surface area (Å²) in [7, 11) is 1.58. The quantitative estimate of drug-likeness (QED) is 0.483. The number of rotatable bonds is 5. The Balaban J connectivity index is 1.18. The molecule has 4 aliphatic rings. The summed E-state index contributed by atoms with van der Waals surface area (Å²) < 4.78 is 5.37. The Morgan fingerprint density at radius 1 is 1.08 bits per heavy atom. The number of benzene rings is 1. The van der Waals surface area contributed by atoms with Crippen LogP contribution in [0.2, 0.25) is 0 Å². The second kappa shape index (κ2) is 9.62. The molecule has 6 rings (SSSR count). The Hall–Kier alpha value is -1.92. The number of aromatic nitrogens is 2. The van der Waals surface area contributed by atoms with Crippen LogP contribution >= 0.6 is 0 Å². The van der Waals surface area contributed by atoms with E-state index in [-0.39, 0.29) is 28.6 Å². The number of nitrogens with zero attached hydrogens (tertiary/aromatic N) is 1. The van der Waals surface area contributed by atoms with Gasteiger partial charge in [-0.2, -0.15) is 0 Å². The molecular formula is C32H46N2O4. The summed E-state index contributed by atoms with van der Waals surface area (Å²) in [6.45, 7) is 7.40. The maximum absolute atomic E-state index is 12.8. The van der Waals surface area contributed by atoms with Gasteiger partial charge in [0.25, 0.3) is 5.56 Å². The zero-order valence-corrected chi connectivity index (χ0v) is 23.6. The third kappa shape index (κ3) is 4.04. The van der Waals surface area contributed by atoms with Crippen molar-refractivity contribution in [2.45, 2.75) is 97.2 Å². The van der Waals surface area contributed by atoms with Crippen molar-refractivity contribution in [2.75, 3.05) is 7.11 Å². The third-order valence-electron chi connectivity index (χ3n) is 12.2. The normalized spacial score (nSPS) is 41.3. The van der Waals surface area contributed by atoms with Gasteiger partial charge in [0.05, 0.1) is 24.8 Å². The van der Waals surface area contributed by atoms with Crippen LogP contribution in [0, 0.1) is 46.3 Å². The third-order valence-corrected chi connectivity index (χ3v) is 12.2. The van der Waals surface area contributed by atoms with Crippen molar-refractivity contribution in [3.05, 3.63) is 34.4 Å². The van der Waals surface area contributed by atoms with Crippen LogP contribution in [-0.2, 0) is 6.42 Å². The first-order valence-corrected chi connectivity index (χ1v) is 15.1. The van der Waals surface area contributed by atoms with E-state index in [0.717, 1.165) is 44.3 Å². The number of ether oxygens (including phenoxy) is 1. The van der Waals surface area contributed by atoms with Crippen molar-refractivity contribution in [3.8, 4) is 5.75 Å². The first-order valence-electron chi connectivity index (χ1n) is 15.1. The molecule has 1 aromatic heterocycles. The number of aryl methyl sites for hydroxylation is 1. The highest BCUT2D eigenvalue weighted by Gasteiger charge is 2.62. The van der Waals surface area contributed by atoms with E-state index in [1.807, 2.05) is 12.1 Å². The van der Waals surface area contributed by atoms with Gasteiger partial charge >= 0.3 is 0 Å². The molecular weight excluding hydrogens is 476 g/mol. The van der Waals surface area contributed by atoms with Crippen LogP contribution in [0.5, 0.6) is 5.75 Å². The maximum atomic E-state index is 12.8. The molecule has 208 valence electrons. The average Bonchev–Trinajstić information content (AvgIpc) is 3.25. The summed E-state index contributed by atoms with van der Waals surface area (Å²) in [5.41, 5.74) is 1.09. The molecule has 0 amide bonds. The summed E-state index contributed by atoms with van der Waals surface area (Å²) in [6, 6.07) is 5.57. The van der Waals surface area contributed by atoms with E-state index < -0.39 is 0 Å². The molecule has 0 spiro atoms. The van der Waals surface area contributed by atoms with E-state index in [2.05, 4.69) is 25.8 Å². The summed E-state index contributed by atoms with van der Waals surface area (Å²) in [4.78, 5) is 20.6. The molecule has 1 aromatic carbocycles. The van der Waals surface area contributed by atoms with E-state index in [1.54, 1.807) is 13.2 Å². The number of aromatic amines is 1. The largest absolute Gasteiger partial charge is 0.496 e. The average molecular weight is 523 g/mol. The van der Waals surface area contributed by atoms with Gasteiger partial charge in [-0.1, -0.05) is 26.8 Å². The van der Waals surface area contributed by atoms with Crippen molar-refractivity contribution >= 4 is 10.9 Å². The SMILES string of the molecule is COc1cccc2nc(CC[C@@H](C)[C@H]3CC[C@H]4[C@H]5C(CC[C@]34C)[C@@]3(C)CC[C@@H](O)C[C@H]3C[C@H]5O)[nH]c(=O)c12. The van der Waals surface area contributed by atoms with Crippen LogP contribution in [0.15, 0.2) is 23.0 Å². The van der Waals surface area contributed by atoms with Gasteiger partial charge in [-0.05, 0) is 116 Å². The lowest BCUT2D eigenvalue weighted by Crippen LogP contribution is -2.58. The van der Waals surface area contributed by atoms with Crippen molar-refractivity contribution in [3.63, 3.8) is 0 Å². The summed E-state index contributed by atoms with van der Waals surface area (Å²) in [5.74, 6) is 4.50. The molecule has 2 aromatic rings. The first-order chi connectivity index (χ1) is 18.2. The number of methoxy groups -OCH3 is 1. The lowest BCUT2D eigenvalue weighted by atomic mass is 9.43. The smallest absolute Gasteiger partial charge is 0.262 e. The van der Waals surface area contributed by atoms with E-state index in [9.17, 15) is 15.0 Å². The number of H-pyrrole nitrogens is 1. The van der Waals surface area contributed by atoms with Crippen molar-refractivity contribution in [2.24, 2.45) is 46.3 Å². The molecule has 4 saturated carbocycles. The van der Waals surface area contributed by atoms with Crippen molar-refractivity contribution < 1.29 is 14.9 Å². The lowest BCUT2D eigenvalue weighted by molar-refractivity contribution is -0.174. The number of fused-ring (bicyclic) bond motifs is 6.